The van der Waals surface area contributed by atoms with Gasteiger partial charge in [-0.05, 0) is 25.0 Å². The van der Waals surface area contributed by atoms with Gasteiger partial charge in [0.25, 0.3) is 0 Å². The highest BCUT2D eigenvalue weighted by molar-refractivity contribution is 5.78. The molecule has 0 saturated carbocycles. The van der Waals surface area contributed by atoms with E-state index in [9.17, 15) is 4.79 Å². The Morgan fingerprint density at radius 1 is 1.56 bits per heavy atom. The van der Waals surface area contributed by atoms with E-state index in [1.165, 1.54) is 0 Å². The van der Waals surface area contributed by atoms with E-state index >= 15 is 0 Å². The second kappa shape index (κ2) is 7.66. The van der Waals surface area contributed by atoms with Gasteiger partial charge in [0, 0.05) is 24.8 Å². The van der Waals surface area contributed by atoms with Crippen LogP contribution in [0.3, 0.4) is 0 Å². The third-order valence-corrected chi connectivity index (χ3v) is 2.64. The maximum absolute atomic E-state index is 11.5. The Labute approximate surface area is 108 Å². The molecule has 5 nitrogen and oxygen atoms in total. The summed E-state index contributed by atoms with van der Waals surface area (Å²) in [5.41, 5.74) is 1.04. The van der Waals surface area contributed by atoms with Gasteiger partial charge in [-0.15, -0.1) is 0 Å². The molecule has 0 spiro atoms. The maximum atomic E-state index is 11.5. The van der Waals surface area contributed by atoms with E-state index in [-0.39, 0.29) is 11.9 Å². The summed E-state index contributed by atoms with van der Waals surface area (Å²) >= 11 is 0. The van der Waals surface area contributed by atoms with Crippen LogP contribution in [0, 0.1) is 0 Å². The molecular formula is C13H21N3O2. The number of hydrogen-bond acceptors (Lipinski definition) is 4. The molecule has 0 bridgehead atoms. The second-order valence-electron chi connectivity index (χ2n) is 4.19. The number of methoxy groups -OCH3 is 1. The van der Waals surface area contributed by atoms with E-state index in [1.54, 1.807) is 13.3 Å². The van der Waals surface area contributed by atoms with Crippen molar-refractivity contribution in [1.29, 1.82) is 0 Å². The smallest absolute Gasteiger partial charge is 0.234 e. The molecule has 0 radical (unpaired) electrons. The van der Waals surface area contributed by atoms with E-state index in [0.717, 1.165) is 12.0 Å². The highest BCUT2D eigenvalue weighted by Gasteiger charge is 2.04. The van der Waals surface area contributed by atoms with Crippen molar-refractivity contribution >= 4 is 5.91 Å². The topological polar surface area (TPSA) is 63.2 Å². The van der Waals surface area contributed by atoms with Gasteiger partial charge >= 0.3 is 0 Å². The number of rotatable bonds is 7. The van der Waals surface area contributed by atoms with Gasteiger partial charge in [0.2, 0.25) is 11.8 Å². The van der Waals surface area contributed by atoms with Crippen LogP contribution in [0.2, 0.25) is 0 Å². The van der Waals surface area contributed by atoms with Crippen LogP contribution < -0.4 is 15.4 Å². The number of aromatic nitrogens is 1. The first-order chi connectivity index (χ1) is 8.65. The Morgan fingerprint density at radius 3 is 3.00 bits per heavy atom. The van der Waals surface area contributed by atoms with Crippen LogP contribution in [-0.2, 0) is 11.3 Å². The van der Waals surface area contributed by atoms with Crippen molar-refractivity contribution in [2.75, 3.05) is 13.7 Å². The van der Waals surface area contributed by atoms with Crippen LogP contribution in [0.25, 0.3) is 0 Å². The molecule has 0 aliphatic heterocycles. The fourth-order valence-electron chi connectivity index (χ4n) is 1.42. The van der Waals surface area contributed by atoms with Crippen LogP contribution in [0.4, 0.5) is 0 Å². The van der Waals surface area contributed by atoms with E-state index in [4.69, 9.17) is 4.74 Å². The lowest BCUT2D eigenvalue weighted by Crippen LogP contribution is -2.38. The summed E-state index contributed by atoms with van der Waals surface area (Å²) in [4.78, 5) is 15.5. The van der Waals surface area contributed by atoms with Crippen molar-refractivity contribution in [3.63, 3.8) is 0 Å². The summed E-state index contributed by atoms with van der Waals surface area (Å²) in [6, 6.07) is 3.96. The Hall–Kier alpha value is -1.62. The van der Waals surface area contributed by atoms with Crippen molar-refractivity contribution in [1.82, 2.24) is 15.6 Å². The molecule has 2 N–H and O–H groups in total. The number of nitrogens with one attached hydrogen (secondary N) is 2. The van der Waals surface area contributed by atoms with Gasteiger partial charge in [-0.1, -0.05) is 6.92 Å². The summed E-state index contributed by atoms with van der Waals surface area (Å²) in [6.45, 7) is 4.97. The third kappa shape index (κ3) is 5.14. The Bertz CT molecular complexity index is 382. The predicted octanol–water partition coefficient (Wildman–Crippen LogP) is 1.09. The first-order valence-electron chi connectivity index (χ1n) is 6.14. The minimum absolute atomic E-state index is 0.0189. The van der Waals surface area contributed by atoms with Crippen LogP contribution >= 0.6 is 0 Å². The lowest BCUT2D eigenvalue weighted by Gasteiger charge is -2.11. The van der Waals surface area contributed by atoms with Gasteiger partial charge in [0.15, 0.2) is 0 Å². The SMILES string of the molecule is CCC(C)NC(=O)CNCc1ccnc(OC)c1. The first-order valence-corrected chi connectivity index (χ1v) is 6.14. The number of ether oxygens (including phenoxy) is 1. The monoisotopic (exact) mass is 251 g/mol. The van der Waals surface area contributed by atoms with Crippen LogP contribution in [0.15, 0.2) is 18.3 Å². The molecule has 1 unspecified atom stereocenters. The summed E-state index contributed by atoms with van der Waals surface area (Å²) < 4.78 is 5.03. The van der Waals surface area contributed by atoms with Crippen LogP contribution in [0.5, 0.6) is 5.88 Å². The minimum Gasteiger partial charge on any atom is -0.481 e. The Balaban J connectivity index is 2.30. The lowest BCUT2D eigenvalue weighted by atomic mass is 10.2. The van der Waals surface area contributed by atoms with Gasteiger partial charge in [-0.2, -0.15) is 0 Å². The van der Waals surface area contributed by atoms with Crippen LogP contribution in [-0.4, -0.2) is 30.6 Å². The molecule has 0 aliphatic rings. The number of amides is 1. The third-order valence-electron chi connectivity index (χ3n) is 2.64. The Morgan fingerprint density at radius 2 is 2.33 bits per heavy atom. The molecule has 1 rings (SSSR count). The summed E-state index contributed by atoms with van der Waals surface area (Å²) in [6.07, 6.45) is 2.63. The first kappa shape index (κ1) is 14.4. The van der Waals surface area contributed by atoms with Gasteiger partial charge in [-0.25, -0.2) is 4.98 Å². The van der Waals surface area contributed by atoms with E-state index in [0.29, 0.717) is 19.0 Å². The van der Waals surface area contributed by atoms with Crippen molar-refractivity contribution in [3.05, 3.63) is 23.9 Å². The zero-order chi connectivity index (χ0) is 13.4. The summed E-state index contributed by atoms with van der Waals surface area (Å²) in [5, 5.41) is 5.99. The average molecular weight is 251 g/mol. The molecule has 0 saturated heterocycles. The van der Waals surface area contributed by atoms with Gasteiger partial charge in [0.1, 0.15) is 0 Å². The van der Waals surface area contributed by atoms with E-state index < -0.39 is 0 Å². The normalized spacial score (nSPS) is 11.9. The van der Waals surface area contributed by atoms with Crippen molar-refractivity contribution < 1.29 is 9.53 Å². The molecule has 1 aromatic rings. The lowest BCUT2D eigenvalue weighted by molar-refractivity contribution is -0.120. The van der Waals surface area contributed by atoms with Crippen molar-refractivity contribution in [3.8, 4) is 5.88 Å². The molecular weight excluding hydrogens is 230 g/mol. The largest absolute Gasteiger partial charge is 0.481 e. The van der Waals surface area contributed by atoms with Crippen molar-refractivity contribution in [2.24, 2.45) is 0 Å². The standard InChI is InChI=1S/C13H21N3O2/c1-4-10(2)16-12(17)9-14-8-11-5-6-15-13(7-11)18-3/h5-7,10,14H,4,8-9H2,1-3H3,(H,16,17). The van der Waals surface area contributed by atoms with E-state index in [2.05, 4.69) is 15.6 Å². The molecule has 1 aromatic heterocycles. The molecule has 1 amide bonds. The molecule has 5 heteroatoms. The molecule has 0 fully saturated rings. The minimum atomic E-state index is 0.0189. The second-order valence-corrected chi connectivity index (χ2v) is 4.19. The van der Waals surface area contributed by atoms with E-state index in [1.807, 2.05) is 26.0 Å². The zero-order valence-electron chi connectivity index (χ0n) is 11.2. The molecule has 100 valence electrons. The molecule has 1 atom stereocenters. The maximum Gasteiger partial charge on any atom is 0.234 e. The van der Waals surface area contributed by atoms with Gasteiger partial charge in [-0.3, -0.25) is 4.79 Å². The average Bonchev–Trinajstić information content (AvgIpc) is 2.38. The van der Waals surface area contributed by atoms with Crippen LogP contribution in [0.1, 0.15) is 25.8 Å². The number of carbonyl (C=O) groups is 1. The van der Waals surface area contributed by atoms with Gasteiger partial charge < -0.3 is 15.4 Å². The molecule has 1 heterocycles. The summed E-state index contributed by atoms with van der Waals surface area (Å²) in [7, 11) is 1.58. The molecule has 0 aliphatic carbocycles. The zero-order valence-corrected chi connectivity index (χ0v) is 11.2. The van der Waals surface area contributed by atoms with Gasteiger partial charge in [0.05, 0.1) is 13.7 Å². The fourth-order valence-corrected chi connectivity index (χ4v) is 1.42. The highest BCUT2D eigenvalue weighted by atomic mass is 16.5. The number of carbonyl (C=O) groups excluding carboxylic acids is 1. The molecule has 18 heavy (non-hydrogen) atoms. The summed E-state index contributed by atoms with van der Waals surface area (Å²) in [5.74, 6) is 0.601. The number of nitrogens with zero attached hydrogens (tertiary/aromatic N) is 1. The van der Waals surface area contributed by atoms with Crippen molar-refractivity contribution in [2.45, 2.75) is 32.9 Å². The Kier molecular flexibility index (Phi) is 6.14. The number of pyridine rings is 1. The predicted molar refractivity (Wildman–Crippen MR) is 70.4 cm³/mol. The fraction of sp³-hybridized carbons (Fsp3) is 0.538. The highest BCUT2D eigenvalue weighted by Crippen LogP contribution is 2.07. The quantitative estimate of drug-likeness (QED) is 0.761. The number of hydrogen-bond donors (Lipinski definition) is 2. The molecule has 0 aromatic carbocycles.